The minimum atomic E-state index is -0.397. The number of aromatic nitrogens is 2. The number of methoxy groups -OCH3 is 1. The lowest BCUT2D eigenvalue weighted by molar-refractivity contribution is 0.0466. The third-order valence-electron chi connectivity index (χ3n) is 4.68. The zero-order valence-electron chi connectivity index (χ0n) is 14.0. The van der Waals surface area contributed by atoms with E-state index in [9.17, 15) is 9.90 Å². The second-order valence-electron chi connectivity index (χ2n) is 6.28. The van der Waals surface area contributed by atoms with Crippen molar-refractivity contribution < 1.29 is 14.6 Å². The molecule has 1 aliphatic heterocycles. The molecule has 1 saturated heterocycles. The Kier molecular flexibility index (Phi) is 4.85. The minimum absolute atomic E-state index is 0.0417. The molecular formula is C18H23N3O3. The highest BCUT2D eigenvalue weighted by Gasteiger charge is 2.29. The number of aliphatic hydroxyl groups excluding tert-OH is 1. The fourth-order valence-electron chi connectivity index (χ4n) is 3.18. The highest BCUT2D eigenvalue weighted by atomic mass is 16.5. The van der Waals surface area contributed by atoms with E-state index in [1.807, 2.05) is 29.2 Å². The van der Waals surface area contributed by atoms with Crippen LogP contribution in [-0.2, 0) is 0 Å². The molecular weight excluding hydrogens is 306 g/mol. The van der Waals surface area contributed by atoms with Crippen molar-refractivity contribution in [2.45, 2.75) is 25.9 Å². The van der Waals surface area contributed by atoms with Gasteiger partial charge in [-0.3, -0.25) is 9.89 Å². The molecule has 6 heteroatoms. The molecule has 24 heavy (non-hydrogen) atoms. The van der Waals surface area contributed by atoms with Gasteiger partial charge < -0.3 is 14.7 Å². The van der Waals surface area contributed by atoms with Gasteiger partial charge in [-0.2, -0.15) is 5.10 Å². The van der Waals surface area contributed by atoms with E-state index >= 15 is 0 Å². The van der Waals surface area contributed by atoms with Crippen LogP contribution in [0.4, 0.5) is 0 Å². The molecule has 2 heterocycles. The van der Waals surface area contributed by atoms with Gasteiger partial charge in [-0.05, 0) is 44.0 Å². The first kappa shape index (κ1) is 16.5. The summed E-state index contributed by atoms with van der Waals surface area (Å²) in [5.74, 6) is 0.862. The highest BCUT2D eigenvalue weighted by molar-refractivity contribution is 5.99. The van der Waals surface area contributed by atoms with Crippen LogP contribution in [0.15, 0.2) is 30.5 Å². The fourth-order valence-corrected chi connectivity index (χ4v) is 3.18. The van der Waals surface area contributed by atoms with E-state index in [4.69, 9.17) is 4.74 Å². The Bertz CT molecular complexity index is 694. The Morgan fingerprint density at radius 2 is 2.17 bits per heavy atom. The lowest BCUT2D eigenvalue weighted by Gasteiger charge is -2.34. The van der Waals surface area contributed by atoms with Crippen molar-refractivity contribution in [1.29, 1.82) is 0 Å². The van der Waals surface area contributed by atoms with Crippen molar-refractivity contribution in [3.8, 4) is 17.0 Å². The van der Waals surface area contributed by atoms with Crippen molar-refractivity contribution >= 4 is 5.91 Å². The van der Waals surface area contributed by atoms with Gasteiger partial charge in [0.2, 0.25) is 0 Å². The van der Waals surface area contributed by atoms with Crippen molar-refractivity contribution in [3.05, 3.63) is 36.0 Å². The number of likely N-dealkylation sites (tertiary alicyclic amines) is 1. The van der Waals surface area contributed by atoms with Crippen molar-refractivity contribution in [2.24, 2.45) is 5.92 Å². The van der Waals surface area contributed by atoms with Gasteiger partial charge in [0.25, 0.3) is 5.91 Å². The molecule has 0 bridgehead atoms. The van der Waals surface area contributed by atoms with E-state index in [1.165, 1.54) is 0 Å². The summed E-state index contributed by atoms with van der Waals surface area (Å²) >= 11 is 0. The molecule has 2 N–H and O–H groups in total. The summed E-state index contributed by atoms with van der Waals surface area (Å²) in [5.41, 5.74) is 2.16. The molecule has 0 saturated carbocycles. The number of aromatic amines is 1. The maximum Gasteiger partial charge on any atom is 0.257 e. The molecule has 1 fully saturated rings. The number of H-pyrrole nitrogens is 1. The first-order valence-corrected chi connectivity index (χ1v) is 8.25. The van der Waals surface area contributed by atoms with E-state index in [0.29, 0.717) is 17.8 Å². The fraction of sp³-hybridized carbons (Fsp3) is 0.444. The number of ether oxygens (including phenoxy) is 1. The zero-order valence-corrected chi connectivity index (χ0v) is 14.0. The van der Waals surface area contributed by atoms with Crippen molar-refractivity contribution in [3.63, 3.8) is 0 Å². The van der Waals surface area contributed by atoms with Gasteiger partial charge in [0, 0.05) is 24.6 Å². The van der Waals surface area contributed by atoms with Gasteiger partial charge in [0.1, 0.15) is 5.75 Å². The predicted octanol–water partition coefficient (Wildman–Crippen LogP) is 2.32. The molecule has 1 aromatic carbocycles. The number of hydrogen-bond acceptors (Lipinski definition) is 4. The summed E-state index contributed by atoms with van der Waals surface area (Å²) in [7, 11) is 1.62. The smallest absolute Gasteiger partial charge is 0.257 e. The number of hydrogen-bond donors (Lipinski definition) is 2. The Labute approximate surface area is 141 Å². The van der Waals surface area contributed by atoms with Crippen molar-refractivity contribution in [2.75, 3.05) is 20.2 Å². The van der Waals surface area contributed by atoms with Crippen LogP contribution < -0.4 is 4.74 Å². The molecule has 0 aliphatic carbocycles. The first-order valence-electron chi connectivity index (χ1n) is 8.25. The Morgan fingerprint density at radius 1 is 1.42 bits per heavy atom. The van der Waals surface area contributed by atoms with Crippen LogP contribution in [0, 0.1) is 5.92 Å². The molecule has 0 radical (unpaired) electrons. The van der Waals surface area contributed by atoms with Gasteiger partial charge in [-0.15, -0.1) is 0 Å². The monoisotopic (exact) mass is 329 g/mol. The Balaban J connectivity index is 1.82. The summed E-state index contributed by atoms with van der Waals surface area (Å²) in [6, 6.07) is 7.51. The third kappa shape index (κ3) is 3.28. The number of nitrogens with zero attached hydrogens (tertiary/aromatic N) is 2. The van der Waals surface area contributed by atoms with Gasteiger partial charge in [-0.25, -0.2) is 0 Å². The molecule has 128 valence electrons. The van der Waals surface area contributed by atoms with E-state index < -0.39 is 6.10 Å². The normalized spacial score (nSPS) is 19.1. The third-order valence-corrected chi connectivity index (χ3v) is 4.68. The molecule has 2 aromatic rings. The second-order valence-corrected chi connectivity index (χ2v) is 6.28. The number of carbonyl (C=O) groups is 1. The van der Waals surface area contributed by atoms with Crippen LogP contribution in [0.3, 0.4) is 0 Å². The van der Waals surface area contributed by atoms with Gasteiger partial charge in [0.15, 0.2) is 0 Å². The van der Waals surface area contributed by atoms with E-state index in [0.717, 1.165) is 30.7 Å². The molecule has 6 nitrogen and oxygen atoms in total. The summed E-state index contributed by atoms with van der Waals surface area (Å²) in [6.07, 6.45) is 3.05. The first-order chi connectivity index (χ1) is 11.6. The quantitative estimate of drug-likeness (QED) is 0.902. The van der Waals surface area contributed by atoms with E-state index in [-0.39, 0.29) is 11.8 Å². The number of carbonyl (C=O) groups excluding carboxylic acids is 1. The zero-order chi connectivity index (χ0) is 17.1. The van der Waals surface area contributed by atoms with Gasteiger partial charge in [-0.1, -0.05) is 0 Å². The topological polar surface area (TPSA) is 78.5 Å². The second kappa shape index (κ2) is 7.05. The minimum Gasteiger partial charge on any atom is -0.497 e. The average molecular weight is 329 g/mol. The lowest BCUT2D eigenvalue weighted by Crippen LogP contribution is -2.43. The molecule has 1 aliphatic rings. The average Bonchev–Trinajstić information content (AvgIpc) is 3.11. The Morgan fingerprint density at radius 3 is 2.83 bits per heavy atom. The number of aliphatic hydroxyl groups is 1. The summed E-state index contributed by atoms with van der Waals surface area (Å²) in [4.78, 5) is 14.7. The van der Waals surface area contributed by atoms with Crippen LogP contribution in [-0.4, -0.2) is 52.4 Å². The van der Waals surface area contributed by atoms with Gasteiger partial charge in [0.05, 0.1) is 30.7 Å². The number of nitrogens with one attached hydrogen (secondary N) is 1. The largest absolute Gasteiger partial charge is 0.497 e. The molecule has 0 spiro atoms. The Hall–Kier alpha value is -2.34. The number of piperidine rings is 1. The van der Waals surface area contributed by atoms with E-state index in [1.54, 1.807) is 20.2 Å². The number of amides is 1. The standard InChI is InChI=1S/C18H23N3O3/c1-12(22)14-4-3-9-21(11-14)18(23)16-10-19-20-17(16)13-5-7-15(24-2)8-6-13/h5-8,10,12,14,22H,3-4,9,11H2,1-2H3,(H,19,20). The number of rotatable bonds is 4. The predicted molar refractivity (Wildman–Crippen MR) is 90.9 cm³/mol. The molecule has 1 amide bonds. The van der Waals surface area contributed by atoms with E-state index in [2.05, 4.69) is 10.2 Å². The summed E-state index contributed by atoms with van der Waals surface area (Å²) < 4.78 is 5.17. The maximum absolute atomic E-state index is 12.9. The van der Waals surface area contributed by atoms with Crippen molar-refractivity contribution in [1.82, 2.24) is 15.1 Å². The van der Waals surface area contributed by atoms with Crippen LogP contribution in [0.2, 0.25) is 0 Å². The molecule has 2 unspecified atom stereocenters. The lowest BCUT2D eigenvalue weighted by atomic mass is 9.93. The number of benzene rings is 1. The van der Waals surface area contributed by atoms with Crippen LogP contribution >= 0.6 is 0 Å². The molecule has 3 rings (SSSR count). The maximum atomic E-state index is 12.9. The molecule has 1 aromatic heterocycles. The molecule has 2 atom stereocenters. The SMILES string of the molecule is COc1ccc(-c2[nH]ncc2C(=O)N2CCCC(C(C)O)C2)cc1. The highest BCUT2D eigenvalue weighted by Crippen LogP contribution is 2.27. The van der Waals surface area contributed by atoms with Crippen LogP contribution in [0.5, 0.6) is 5.75 Å². The summed E-state index contributed by atoms with van der Waals surface area (Å²) in [5, 5.41) is 16.8. The van der Waals surface area contributed by atoms with Gasteiger partial charge >= 0.3 is 0 Å². The van der Waals surface area contributed by atoms with Crippen LogP contribution in [0.25, 0.3) is 11.3 Å². The van der Waals surface area contributed by atoms with Crippen LogP contribution in [0.1, 0.15) is 30.1 Å². The summed E-state index contributed by atoms with van der Waals surface area (Å²) in [6.45, 7) is 3.10.